The van der Waals surface area contributed by atoms with Crippen molar-refractivity contribution in [2.24, 2.45) is 0 Å². The molecular formula is C20H18N2O. The summed E-state index contributed by atoms with van der Waals surface area (Å²) in [6.45, 7) is 1.54. The molecule has 3 nitrogen and oxygen atoms in total. The van der Waals surface area contributed by atoms with Gasteiger partial charge in [-0.25, -0.2) is 0 Å². The third-order valence-corrected chi connectivity index (χ3v) is 3.83. The molecule has 23 heavy (non-hydrogen) atoms. The molecule has 0 aromatic heterocycles. The molecule has 0 bridgehead atoms. The largest absolute Gasteiger partial charge is 0.497 e. The molecule has 0 fully saturated rings. The van der Waals surface area contributed by atoms with Crippen LogP contribution in [0.5, 0.6) is 5.75 Å². The summed E-state index contributed by atoms with van der Waals surface area (Å²) in [6, 6.07) is 22.4. The van der Waals surface area contributed by atoms with E-state index in [9.17, 15) is 0 Å². The first-order chi connectivity index (χ1) is 11.3. The van der Waals surface area contributed by atoms with E-state index in [0.717, 1.165) is 24.4 Å². The van der Waals surface area contributed by atoms with Crippen molar-refractivity contribution in [1.29, 1.82) is 5.26 Å². The van der Waals surface area contributed by atoms with Crippen molar-refractivity contribution in [3.8, 4) is 11.8 Å². The molecule has 0 radical (unpaired) electrons. The van der Waals surface area contributed by atoms with Crippen LogP contribution >= 0.6 is 0 Å². The lowest BCUT2D eigenvalue weighted by Crippen LogP contribution is -2.12. The van der Waals surface area contributed by atoms with Crippen molar-refractivity contribution in [3.63, 3.8) is 0 Å². The van der Waals surface area contributed by atoms with Crippen LogP contribution in [0.2, 0.25) is 0 Å². The first-order valence-electron chi connectivity index (χ1n) is 7.55. The Morgan fingerprint density at radius 1 is 0.913 bits per heavy atom. The minimum absolute atomic E-state index is 0.698. The predicted molar refractivity (Wildman–Crippen MR) is 92.2 cm³/mol. The fraction of sp³-hybridized carbons (Fsp3) is 0.150. The smallest absolute Gasteiger partial charge is 0.119 e. The second-order valence-corrected chi connectivity index (χ2v) is 5.46. The van der Waals surface area contributed by atoms with E-state index in [4.69, 9.17) is 10.00 Å². The normalized spacial score (nSPS) is 10.4. The van der Waals surface area contributed by atoms with Gasteiger partial charge in [-0.15, -0.1) is 0 Å². The molecule has 3 aromatic rings. The molecule has 0 saturated heterocycles. The Morgan fingerprint density at radius 2 is 1.65 bits per heavy atom. The molecule has 0 spiro atoms. The Bertz CT molecular complexity index is 865. The van der Waals surface area contributed by atoms with Crippen LogP contribution in [0, 0.1) is 11.3 Å². The lowest BCUT2D eigenvalue weighted by Gasteiger charge is -2.08. The standard InChI is InChI=1S/C20H18N2O/c1-23-20-8-7-18-10-17(5-6-19(18)11-20)14-22-13-16-4-2-3-15(9-16)12-21/h2-11,22H,13-14H2,1H3. The van der Waals surface area contributed by atoms with Gasteiger partial charge in [0, 0.05) is 13.1 Å². The summed E-state index contributed by atoms with van der Waals surface area (Å²) in [5.74, 6) is 0.876. The molecular weight excluding hydrogens is 284 g/mol. The van der Waals surface area contributed by atoms with Crippen LogP contribution in [0.1, 0.15) is 16.7 Å². The molecule has 0 saturated carbocycles. The highest BCUT2D eigenvalue weighted by molar-refractivity contribution is 5.84. The molecule has 114 valence electrons. The molecule has 0 amide bonds. The highest BCUT2D eigenvalue weighted by Gasteiger charge is 2.00. The SMILES string of the molecule is COc1ccc2cc(CNCc3cccc(C#N)c3)ccc2c1. The quantitative estimate of drug-likeness (QED) is 0.774. The first-order valence-corrected chi connectivity index (χ1v) is 7.55. The summed E-state index contributed by atoms with van der Waals surface area (Å²) in [6.07, 6.45) is 0. The second-order valence-electron chi connectivity index (χ2n) is 5.46. The minimum Gasteiger partial charge on any atom is -0.497 e. The van der Waals surface area contributed by atoms with Gasteiger partial charge in [-0.3, -0.25) is 0 Å². The average Bonchev–Trinajstić information content (AvgIpc) is 2.61. The maximum atomic E-state index is 8.92. The lowest BCUT2D eigenvalue weighted by atomic mass is 10.1. The van der Waals surface area contributed by atoms with Gasteiger partial charge in [-0.1, -0.05) is 30.3 Å². The van der Waals surface area contributed by atoms with Crippen LogP contribution in [0.4, 0.5) is 0 Å². The number of nitrogens with zero attached hydrogens (tertiary/aromatic N) is 1. The van der Waals surface area contributed by atoms with Crippen LogP contribution in [-0.4, -0.2) is 7.11 Å². The van der Waals surface area contributed by atoms with Crippen LogP contribution < -0.4 is 10.1 Å². The number of nitrogens with one attached hydrogen (secondary N) is 1. The van der Waals surface area contributed by atoms with Gasteiger partial charge in [-0.2, -0.15) is 5.26 Å². The number of nitriles is 1. The topological polar surface area (TPSA) is 45.0 Å². The van der Waals surface area contributed by atoms with E-state index in [2.05, 4.69) is 35.7 Å². The van der Waals surface area contributed by atoms with Gasteiger partial charge in [-0.05, 0) is 52.2 Å². The summed E-state index contributed by atoms with van der Waals surface area (Å²) in [4.78, 5) is 0. The highest BCUT2D eigenvalue weighted by atomic mass is 16.5. The Balaban J connectivity index is 1.66. The fourth-order valence-corrected chi connectivity index (χ4v) is 2.61. The van der Waals surface area contributed by atoms with E-state index < -0.39 is 0 Å². The summed E-state index contributed by atoms with van der Waals surface area (Å²) in [5, 5.41) is 14.7. The number of hydrogen-bond acceptors (Lipinski definition) is 3. The van der Waals surface area contributed by atoms with Crippen molar-refractivity contribution >= 4 is 10.8 Å². The Kier molecular flexibility index (Phi) is 4.56. The van der Waals surface area contributed by atoms with Gasteiger partial charge in [0.25, 0.3) is 0 Å². The lowest BCUT2D eigenvalue weighted by molar-refractivity contribution is 0.415. The molecule has 3 aromatic carbocycles. The van der Waals surface area contributed by atoms with Crippen LogP contribution in [0.25, 0.3) is 10.8 Å². The zero-order chi connectivity index (χ0) is 16.1. The third kappa shape index (κ3) is 3.68. The average molecular weight is 302 g/mol. The van der Waals surface area contributed by atoms with E-state index >= 15 is 0 Å². The third-order valence-electron chi connectivity index (χ3n) is 3.83. The van der Waals surface area contributed by atoms with E-state index in [1.807, 2.05) is 36.4 Å². The predicted octanol–water partition coefficient (Wildman–Crippen LogP) is 4.01. The fourth-order valence-electron chi connectivity index (χ4n) is 2.61. The van der Waals surface area contributed by atoms with Crippen LogP contribution in [0.3, 0.4) is 0 Å². The van der Waals surface area contributed by atoms with E-state index in [0.29, 0.717) is 5.56 Å². The molecule has 0 unspecified atom stereocenters. The number of hydrogen-bond donors (Lipinski definition) is 1. The maximum Gasteiger partial charge on any atom is 0.119 e. The Hall–Kier alpha value is -2.83. The molecule has 0 atom stereocenters. The number of rotatable bonds is 5. The molecule has 0 aliphatic carbocycles. The Labute approximate surface area is 136 Å². The zero-order valence-corrected chi connectivity index (χ0v) is 13.0. The van der Waals surface area contributed by atoms with E-state index in [1.165, 1.54) is 16.3 Å². The highest BCUT2D eigenvalue weighted by Crippen LogP contribution is 2.21. The maximum absolute atomic E-state index is 8.92. The van der Waals surface area contributed by atoms with Crippen molar-refractivity contribution in [1.82, 2.24) is 5.32 Å². The van der Waals surface area contributed by atoms with Crippen LogP contribution in [0.15, 0.2) is 60.7 Å². The number of methoxy groups -OCH3 is 1. The van der Waals surface area contributed by atoms with E-state index in [1.54, 1.807) is 7.11 Å². The first kappa shape index (κ1) is 15.1. The monoisotopic (exact) mass is 302 g/mol. The van der Waals surface area contributed by atoms with Gasteiger partial charge in [0.2, 0.25) is 0 Å². The number of ether oxygens (including phenoxy) is 1. The molecule has 3 rings (SSSR count). The van der Waals surface area contributed by atoms with E-state index in [-0.39, 0.29) is 0 Å². The van der Waals surface area contributed by atoms with Crippen molar-refractivity contribution in [3.05, 3.63) is 77.4 Å². The Morgan fingerprint density at radius 3 is 2.43 bits per heavy atom. The molecule has 1 N–H and O–H groups in total. The summed E-state index contributed by atoms with van der Waals surface area (Å²) in [5.41, 5.74) is 3.05. The van der Waals surface area contributed by atoms with Crippen molar-refractivity contribution < 1.29 is 4.74 Å². The van der Waals surface area contributed by atoms with Crippen molar-refractivity contribution in [2.75, 3.05) is 7.11 Å². The van der Waals surface area contributed by atoms with Crippen molar-refractivity contribution in [2.45, 2.75) is 13.1 Å². The van der Waals surface area contributed by atoms with Gasteiger partial charge in [0.15, 0.2) is 0 Å². The molecule has 0 aliphatic rings. The minimum atomic E-state index is 0.698. The van der Waals surface area contributed by atoms with Crippen LogP contribution in [-0.2, 0) is 13.1 Å². The number of fused-ring (bicyclic) bond motifs is 1. The summed E-state index contributed by atoms with van der Waals surface area (Å²) >= 11 is 0. The summed E-state index contributed by atoms with van der Waals surface area (Å²) < 4.78 is 5.25. The number of benzene rings is 3. The zero-order valence-electron chi connectivity index (χ0n) is 13.0. The molecule has 3 heteroatoms. The second kappa shape index (κ2) is 6.95. The van der Waals surface area contributed by atoms with Gasteiger partial charge < -0.3 is 10.1 Å². The molecule has 0 aliphatic heterocycles. The van der Waals surface area contributed by atoms with Gasteiger partial charge in [0.1, 0.15) is 5.75 Å². The van der Waals surface area contributed by atoms with Gasteiger partial charge in [0.05, 0.1) is 18.7 Å². The molecule has 0 heterocycles. The van der Waals surface area contributed by atoms with Gasteiger partial charge >= 0.3 is 0 Å². The summed E-state index contributed by atoms with van der Waals surface area (Å²) in [7, 11) is 1.68.